The molecule has 1 nitrogen and oxygen atoms in total. The molecule has 0 aliphatic carbocycles. The first-order valence-electron chi connectivity index (χ1n) is 5.40. The van der Waals surface area contributed by atoms with Crippen molar-refractivity contribution in [3.8, 4) is 12.3 Å². The standard InChI is InChI=1S/C12H23IN.ClH/c1-7-10(4)14(6,11(5)8-2)12(13)9-3;/h3,10-12H,7-8H2,1-2,4-6H3;1H/q+1;/p-1. The van der Waals surface area contributed by atoms with Gasteiger partial charge in [0.2, 0.25) is 4.05 Å². The minimum Gasteiger partial charge on any atom is -1.00 e. The largest absolute Gasteiger partial charge is 1.00 e. The van der Waals surface area contributed by atoms with Crippen molar-refractivity contribution < 1.29 is 16.9 Å². The molecule has 0 rings (SSSR count). The molecule has 3 atom stereocenters. The second-order valence-corrected chi connectivity index (χ2v) is 5.42. The van der Waals surface area contributed by atoms with Gasteiger partial charge >= 0.3 is 0 Å². The zero-order chi connectivity index (χ0) is 11.4. The summed E-state index contributed by atoms with van der Waals surface area (Å²) in [5.41, 5.74) is 0. The van der Waals surface area contributed by atoms with E-state index < -0.39 is 0 Å². The molecular formula is C12H23ClIN. The summed E-state index contributed by atoms with van der Waals surface area (Å²) in [6.45, 7) is 9.08. The summed E-state index contributed by atoms with van der Waals surface area (Å²) in [6.07, 6.45) is 7.94. The Kier molecular flexibility index (Phi) is 9.26. The van der Waals surface area contributed by atoms with Gasteiger partial charge in [-0.05, 0) is 32.6 Å². The van der Waals surface area contributed by atoms with E-state index in [1.807, 2.05) is 0 Å². The van der Waals surface area contributed by atoms with E-state index in [1.165, 1.54) is 12.8 Å². The maximum absolute atomic E-state index is 5.57. The number of quaternary nitrogens is 1. The van der Waals surface area contributed by atoms with Crippen LogP contribution in [0.15, 0.2) is 0 Å². The Morgan fingerprint density at radius 3 is 1.73 bits per heavy atom. The maximum atomic E-state index is 5.57. The van der Waals surface area contributed by atoms with E-state index in [0.717, 1.165) is 4.48 Å². The molecule has 0 aliphatic heterocycles. The summed E-state index contributed by atoms with van der Waals surface area (Å²) in [5, 5.41) is 0. The predicted molar refractivity (Wildman–Crippen MR) is 72.3 cm³/mol. The summed E-state index contributed by atoms with van der Waals surface area (Å²) in [7, 11) is 2.29. The summed E-state index contributed by atoms with van der Waals surface area (Å²) in [6, 6.07) is 1.26. The van der Waals surface area contributed by atoms with Crippen LogP contribution in [0.5, 0.6) is 0 Å². The van der Waals surface area contributed by atoms with Gasteiger partial charge in [-0.3, -0.25) is 0 Å². The van der Waals surface area contributed by atoms with Crippen LogP contribution in [0.4, 0.5) is 0 Å². The lowest BCUT2D eigenvalue weighted by Crippen LogP contribution is -3.00. The molecule has 0 N–H and O–H groups in total. The molecule has 0 aromatic carbocycles. The van der Waals surface area contributed by atoms with Gasteiger partial charge in [0.25, 0.3) is 0 Å². The van der Waals surface area contributed by atoms with E-state index in [9.17, 15) is 0 Å². The smallest absolute Gasteiger partial charge is 0.200 e. The van der Waals surface area contributed by atoms with Crippen molar-refractivity contribution in [1.29, 1.82) is 0 Å². The number of rotatable bonds is 5. The number of hydrogen-bond acceptors (Lipinski definition) is 0. The highest BCUT2D eigenvalue weighted by Gasteiger charge is 2.38. The maximum Gasteiger partial charge on any atom is 0.200 e. The van der Waals surface area contributed by atoms with Gasteiger partial charge in [0.05, 0.1) is 19.1 Å². The van der Waals surface area contributed by atoms with Crippen molar-refractivity contribution in [1.82, 2.24) is 0 Å². The van der Waals surface area contributed by atoms with E-state index in [1.54, 1.807) is 0 Å². The second kappa shape index (κ2) is 7.76. The molecule has 90 valence electrons. The molecule has 0 heterocycles. The summed E-state index contributed by atoms with van der Waals surface area (Å²) >= 11 is 2.40. The number of terminal acetylenes is 1. The van der Waals surface area contributed by atoms with E-state index in [-0.39, 0.29) is 16.5 Å². The highest BCUT2D eigenvalue weighted by Crippen LogP contribution is 2.28. The minimum atomic E-state index is 0. The van der Waals surface area contributed by atoms with Gasteiger partial charge in [-0.2, -0.15) is 0 Å². The third-order valence-electron chi connectivity index (χ3n) is 3.71. The van der Waals surface area contributed by atoms with Gasteiger partial charge in [-0.25, -0.2) is 0 Å². The second-order valence-electron chi connectivity index (χ2n) is 4.24. The molecule has 15 heavy (non-hydrogen) atoms. The average molecular weight is 344 g/mol. The third-order valence-corrected chi connectivity index (χ3v) is 5.27. The van der Waals surface area contributed by atoms with Crippen LogP contribution in [0.2, 0.25) is 0 Å². The highest BCUT2D eigenvalue weighted by molar-refractivity contribution is 14.1. The molecule has 3 heteroatoms. The average Bonchev–Trinajstić information content (AvgIpc) is 2.24. The van der Waals surface area contributed by atoms with Crippen molar-refractivity contribution in [2.75, 3.05) is 7.05 Å². The van der Waals surface area contributed by atoms with Gasteiger partial charge in [-0.15, -0.1) is 6.42 Å². The normalized spacial score (nSPS) is 20.3. The number of hydrogen-bond donors (Lipinski definition) is 0. The van der Waals surface area contributed by atoms with Gasteiger partial charge < -0.3 is 16.9 Å². The zero-order valence-corrected chi connectivity index (χ0v) is 13.3. The van der Waals surface area contributed by atoms with Crippen LogP contribution in [0, 0.1) is 12.3 Å². The molecule has 0 spiro atoms. The lowest BCUT2D eigenvalue weighted by atomic mass is 10.1. The fourth-order valence-corrected chi connectivity index (χ4v) is 2.93. The molecule has 0 saturated carbocycles. The van der Waals surface area contributed by atoms with Crippen molar-refractivity contribution in [2.45, 2.75) is 56.7 Å². The Bertz CT molecular complexity index is 202. The van der Waals surface area contributed by atoms with Crippen LogP contribution in [-0.4, -0.2) is 27.7 Å². The van der Waals surface area contributed by atoms with Crippen molar-refractivity contribution >= 4 is 22.6 Å². The van der Waals surface area contributed by atoms with Crippen LogP contribution in [0.3, 0.4) is 0 Å². The summed E-state index contributed by atoms with van der Waals surface area (Å²) in [5.74, 6) is 2.89. The lowest BCUT2D eigenvalue weighted by Gasteiger charge is -2.46. The number of nitrogens with zero attached hydrogens (tertiary/aromatic N) is 1. The van der Waals surface area contributed by atoms with Gasteiger partial charge in [0.1, 0.15) is 0 Å². The third kappa shape index (κ3) is 3.80. The van der Waals surface area contributed by atoms with Crippen molar-refractivity contribution in [3.63, 3.8) is 0 Å². The van der Waals surface area contributed by atoms with Crippen LogP contribution >= 0.6 is 22.6 Å². The Balaban J connectivity index is 0. The zero-order valence-electron chi connectivity index (χ0n) is 10.4. The number of halogens is 2. The molecular weight excluding hydrogens is 320 g/mol. The molecule has 0 aliphatic rings. The van der Waals surface area contributed by atoms with Crippen LogP contribution in [0.1, 0.15) is 40.5 Å². The van der Waals surface area contributed by atoms with Crippen LogP contribution in [-0.2, 0) is 0 Å². The summed E-state index contributed by atoms with van der Waals surface area (Å²) in [4.78, 5) is 0. The molecule has 3 unspecified atom stereocenters. The van der Waals surface area contributed by atoms with Crippen LogP contribution in [0.25, 0.3) is 0 Å². The van der Waals surface area contributed by atoms with Crippen molar-refractivity contribution in [3.05, 3.63) is 0 Å². The van der Waals surface area contributed by atoms with E-state index >= 15 is 0 Å². The molecule has 0 aromatic rings. The van der Waals surface area contributed by atoms with Crippen LogP contribution < -0.4 is 12.4 Å². The Morgan fingerprint density at radius 1 is 1.20 bits per heavy atom. The molecule has 0 aromatic heterocycles. The first kappa shape index (κ1) is 17.9. The molecule has 0 saturated heterocycles. The SMILES string of the molecule is C#CC(I)[N+](C)(C(C)CC)C(C)CC.[Cl-]. The molecule has 0 radical (unpaired) electrons. The summed E-state index contributed by atoms with van der Waals surface area (Å²) < 4.78 is 1.27. The Hall–Kier alpha value is 0.540. The van der Waals surface area contributed by atoms with E-state index in [0.29, 0.717) is 12.1 Å². The molecule has 0 fully saturated rings. The van der Waals surface area contributed by atoms with Gasteiger partial charge in [0, 0.05) is 22.6 Å². The quantitative estimate of drug-likeness (QED) is 0.223. The molecule has 0 bridgehead atoms. The first-order chi connectivity index (χ1) is 6.44. The first-order valence-corrected chi connectivity index (χ1v) is 6.65. The fraction of sp³-hybridized carbons (Fsp3) is 0.833. The van der Waals surface area contributed by atoms with Gasteiger partial charge in [-0.1, -0.05) is 13.8 Å². The molecule has 0 amide bonds. The monoisotopic (exact) mass is 343 g/mol. The van der Waals surface area contributed by atoms with E-state index in [2.05, 4.69) is 63.3 Å². The topological polar surface area (TPSA) is 0 Å². The Labute approximate surface area is 115 Å². The minimum absolute atomic E-state index is 0. The fourth-order valence-electron chi connectivity index (χ4n) is 1.83. The van der Waals surface area contributed by atoms with Gasteiger partial charge in [0.15, 0.2) is 0 Å². The highest BCUT2D eigenvalue weighted by atomic mass is 127. The van der Waals surface area contributed by atoms with E-state index in [4.69, 9.17) is 6.42 Å². The lowest BCUT2D eigenvalue weighted by molar-refractivity contribution is -0.952. The number of alkyl halides is 1. The predicted octanol–water partition coefficient (Wildman–Crippen LogP) is 0.428. The Morgan fingerprint density at radius 2 is 1.53 bits per heavy atom. The van der Waals surface area contributed by atoms with Crippen molar-refractivity contribution in [2.24, 2.45) is 0 Å².